The monoisotopic (exact) mass is 348 g/mol. The molecule has 3 rings (SSSR count). The van der Waals surface area contributed by atoms with E-state index in [1.165, 1.54) is 17.7 Å². The van der Waals surface area contributed by atoms with Crippen LogP contribution in [0.3, 0.4) is 0 Å². The van der Waals surface area contributed by atoms with Gasteiger partial charge in [0, 0.05) is 30.2 Å². The molecule has 0 spiro atoms. The summed E-state index contributed by atoms with van der Waals surface area (Å²) in [5.74, 6) is 1.61. The minimum Gasteiger partial charge on any atom is -0.394 e. The van der Waals surface area contributed by atoms with Gasteiger partial charge in [-0.1, -0.05) is 18.9 Å². The number of carbonyl (C=O) groups is 1. The van der Waals surface area contributed by atoms with Gasteiger partial charge in [0.15, 0.2) is 5.82 Å². The van der Waals surface area contributed by atoms with Crippen molar-refractivity contribution in [1.82, 2.24) is 20.1 Å². The van der Waals surface area contributed by atoms with Crippen LogP contribution in [0.25, 0.3) is 0 Å². The first-order valence-electron chi connectivity index (χ1n) is 8.60. The van der Waals surface area contributed by atoms with E-state index in [1.807, 2.05) is 11.4 Å². The van der Waals surface area contributed by atoms with Gasteiger partial charge < -0.3 is 10.4 Å². The SMILES string of the molecule is O=C(CCc1nc(Cc2cccs2)nn1CCO)NC1CCCC1. The molecule has 0 saturated heterocycles. The average molecular weight is 348 g/mol. The number of rotatable bonds is 8. The molecule has 1 fully saturated rings. The number of thiophene rings is 1. The lowest BCUT2D eigenvalue weighted by Crippen LogP contribution is -2.32. The molecule has 0 unspecified atom stereocenters. The van der Waals surface area contributed by atoms with Crippen LogP contribution in [-0.2, 0) is 24.2 Å². The fourth-order valence-electron chi connectivity index (χ4n) is 3.12. The van der Waals surface area contributed by atoms with Crippen LogP contribution in [0, 0.1) is 0 Å². The molecule has 130 valence electrons. The number of nitrogens with one attached hydrogen (secondary N) is 1. The topological polar surface area (TPSA) is 80.0 Å². The Bertz CT molecular complexity index is 648. The van der Waals surface area contributed by atoms with Crippen molar-refractivity contribution >= 4 is 17.2 Å². The van der Waals surface area contributed by atoms with Crippen LogP contribution in [0.1, 0.15) is 48.6 Å². The Labute approximate surface area is 145 Å². The highest BCUT2D eigenvalue weighted by Crippen LogP contribution is 2.18. The van der Waals surface area contributed by atoms with Crippen LogP contribution < -0.4 is 5.32 Å². The summed E-state index contributed by atoms with van der Waals surface area (Å²) in [6.45, 7) is 0.431. The third-order valence-corrected chi connectivity index (χ3v) is 5.19. The highest BCUT2D eigenvalue weighted by Gasteiger charge is 2.18. The number of hydrogen-bond acceptors (Lipinski definition) is 5. The number of aryl methyl sites for hydroxylation is 1. The second-order valence-corrected chi connectivity index (χ2v) is 7.23. The van der Waals surface area contributed by atoms with Crippen molar-refractivity contribution in [1.29, 1.82) is 0 Å². The van der Waals surface area contributed by atoms with Gasteiger partial charge in [0.25, 0.3) is 0 Å². The molecule has 0 bridgehead atoms. The molecule has 0 aliphatic heterocycles. The Morgan fingerprint density at radius 2 is 2.25 bits per heavy atom. The van der Waals surface area contributed by atoms with Gasteiger partial charge in [-0.05, 0) is 24.3 Å². The van der Waals surface area contributed by atoms with E-state index in [9.17, 15) is 9.90 Å². The predicted octanol–water partition coefficient (Wildman–Crippen LogP) is 1.91. The first-order valence-corrected chi connectivity index (χ1v) is 9.48. The van der Waals surface area contributed by atoms with Gasteiger partial charge >= 0.3 is 0 Å². The Morgan fingerprint density at radius 3 is 2.96 bits per heavy atom. The lowest BCUT2D eigenvalue weighted by atomic mass is 10.2. The molecule has 2 aromatic rings. The van der Waals surface area contributed by atoms with Crippen molar-refractivity contribution in [2.24, 2.45) is 0 Å². The minimum absolute atomic E-state index is 0.0169. The molecule has 1 amide bonds. The van der Waals surface area contributed by atoms with E-state index >= 15 is 0 Å². The lowest BCUT2D eigenvalue weighted by Gasteiger charge is -2.11. The molecule has 2 aromatic heterocycles. The summed E-state index contributed by atoms with van der Waals surface area (Å²) in [7, 11) is 0. The van der Waals surface area contributed by atoms with Gasteiger partial charge in [-0.15, -0.1) is 11.3 Å². The van der Waals surface area contributed by atoms with E-state index in [4.69, 9.17) is 0 Å². The third-order valence-electron chi connectivity index (χ3n) is 4.31. The Morgan fingerprint density at radius 1 is 1.42 bits per heavy atom. The van der Waals surface area contributed by atoms with Crippen molar-refractivity contribution < 1.29 is 9.90 Å². The maximum absolute atomic E-state index is 12.1. The number of aliphatic hydroxyl groups excluding tert-OH is 1. The highest BCUT2D eigenvalue weighted by molar-refractivity contribution is 7.09. The van der Waals surface area contributed by atoms with E-state index in [1.54, 1.807) is 16.0 Å². The molecule has 0 aromatic carbocycles. The molecule has 2 N–H and O–H groups in total. The molecular formula is C17H24N4O2S. The fourth-order valence-corrected chi connectivity index (χ4v) is 3.83. The number of aliphatic hydroxyl groups is 1. The third kappa shape index (κ3) is 4.64. The van der Waals surface area contributed by atoms with Crippen LogP contribution >= 0.6 is 11.3 Å². The van der Waals surface area contributed by atoms with Crippen LogP contribution in [-0.4, -0.2) is 38.4 Å². The zero-order chi connectivity index (χ0) is 16.8. The van der Waals surface area contributed by atoms with Gasteiger partial charge in [-0.2, -0.15) is 5.10 Å². The molecule has 1 aliphatic carbocycles. The molecule has 2 heterocycles. The van der Waals surface area contributed by atoms with Crippen molar-refractivity contribution in [3.05, 3.63) is 34.0 Å². The maximum atomic E-state index is 12.1. The second kappa shape index (κ2) is 8.39. The average Bonchev–Trinajstić information content (AvgIpc) is 3.29. The maximum Gasteiger partial charge on any atom is 0.220 e. The fraction of sp³-hybridized carbons (Fsp3) is 0.588. The zero-order valence-electron chi connectivity index (χ0n) is 13.8. The molecule has 1 aliphatic rings. The molecular weight excluding hydrogens is 324 g/mol. The van der Waals surface area contributed by atoms with Gasteiger partial charge in [-0.3, -0.25) is 4.79 Å². The number of amides is 1. The molecule has 7 heteroatoms. The smallest absolute Gasteiger partial charge is 0.220 e. The van der Waals surface area contributed by atoms with E-state index < -0.39 is 0 Å². The predicted molar refractivity (Wildman–Crippen MR) is 93.0 cm³/mol. The van der Waals surface area contributed by atoms with Crippen molar-refractivity contribution in [3.63, 3.8) is 0 Å². The molecule has 0 radical (unpaired) electrons. The number of aromatic nitrogens is 3. The summed E-state index contributed by atoms with van der Waals surface area (Å²) in [6, 6.07) is 4.42. The molecule has 24 heavy (non-hydrogen) atoms. The normalized spacial score (nSPS) is 15.0. The van der Waals surface area contributed by atoms with Crippen molar-refractivity contribution in [2.75, 3.05) is 6.61 Å². The summed E-state index contributed by atoms with van der Waals surface area (Å²) < 4.78 is 1.73. The van der Waals surface area contributed by atoms with E-state index in [2.05, 4.69) is 21.5 Å². The van der Waals surface area contributed by atoms with Crippen LogP contribution in [0.4, 0.5) is 0 Å². The Balaban J connectivity index is 1.58. The molecule has 6 nitrogen and oxygen atoms in total. The van der Waals surface area contributed by atoms with Gasteiger partial charge in [0.2, 0.25) is 5.91 Å². The van der Waals surface area contributed by atoms with Crippen LogP contribution in [0.15, 0.2) is 17.5 Å². The Hall–Kier alpha value is -1.73. The number of nitrogens with zero attached hydrogens (tertiary/aromatic N) is 3. The molecule has 0 atom stereocenters. The standard InChI is InChI=1S/C17H24N4O2S/c22-10-9-21-16(7-8-17(23)18-13-4-1-2-5-13)19-15(20-21)12-14-6-3-11-24-14/h3,6,11,13,22H,1-2,4-5,7-10,12H2,(H,18,23). The van der Waals surface area contributed by atoms with Gasteiger partial charge in [-0.25, -0.2) is 9.67 Å². The Kier molecular flexibility index (Phi) is 5.98. The van der Waals surface area contributed by atoms with Crippen LogP contribution in [0.2, 0.25) is 0 Å². The summed E-state index contributed by atoms with van der Waals surface area (Å²) in [4.78, 5) is 17.9. The molecule has 1 saturated carbocycles. The van der Waals surface area contributed by atoms with E-state index in [0.29, 0.717) is 31.8 Å². The second-order valence-electron chi connectivity index (χ2n) is 6.20. The quantitative estimate of drug-likeness (QED) is 0.764. The zero-order valence-corrected chi connectivity index (χ0v) is 14.6. The number of hydrogen-bond donors (Lipinski definition) is 2. The largest absolute Gasteiger partial charge is 0.394 e. The van der Waals surface area contributed by atoms with E-state index in [0.717, 1.165) is 24.5 Å². The number of carbonyl (C=O) groups excluding carboxylic acids is 1. The first-order chi connectivity index (χ1) is 11.7. The van der Waals surface area contributed by atoms with Crippen LogP contribution in [0.5, 0.6) is 0 Å². The lowest BCUT2D eigenvalue weighted by molar-refractivity contribution is -0.121. The summed E-state index contributed by atoms with van der Waals surface area (Å²) in [6.07, 6.45) is 6.27. The summed E-state index contributed by atoms with van der Waals surface area (Å²) in [5, 5.41) is 18.8. The van der Waals surface area contributed by atoms with E-state index in [-0.39, 0.29) is 12.5 Å². The first kappa shape index (κ1) is 17.1. The minimum atomic E-state index is 0.0169. The van der Waals surface area contributed by atoms with Gasteiger partial charge in [0.1, 0.15) is 5.82 Å². The van der Waals surface area contributed by atoms with Gasteiger partial charge in [0.05, 0.1) is 13.2 Å². The van der Waals surface area contributed by atoms with Crippen molar-refractivity contribution in [3.8, 4) is 0 Å². The van der Waals surface area contributed by atoms with Crippen molar-refractivity contribution in [2.45, 2.75) is 57.5 Å². The summed E-state index contributed by atoms with van der Waals surface area (Å²) >= 11 is 1.68. The summed E-state index contributed by atoms with van der Waals surface area (Å²) in [5.41, 5.74) is 0. The highest BCUT2D eigenvalue weighted by atomic mass is 32.1.